The molecule has 0 radical (unpaired) electrons. The Hall–Kier alpha value is -3.26. The summed E-state index contributed by atoms with van der Waals surface area (Å²) in [5.74, 6) is -2.78. The highest BCUT2D eigenvalue weighted by molar-refractivity contribution is 5.88. The van der Waals surface area contributed by atoms with E-state index < -0.39 is 75.8 Å². The van der Waals surface area contributed by atoms with Crippen LogP contribution in [0.2, 0.25) is 0 Å². The second-order valence-electron chi connectivity index (χ2n) is 13.1. The molecule has 2 spiro atoms. The molecule has 4 saturated carbocycles. The molecule has 1 aromatic carbocycles. The summed E-state index contributed by atoms with van der Waals surface area (Å²) < 4.78 is 18.1. The van der Waals surface area contributed by atoms with E-state index in [4.69, 9.17) is 14.2 Å². The number of ether oxygens (including phenoxy) is 3. The smallest absolute Gasteiger partial charge is 0.331 e. The van der Waals surface area contributed by atoms with Crippen LogP contribution < -0.4 is 0 Å². The summed E-state index contributed by atoms with van der Waals surface area (Å²) in [5, 5.41) is 12.3. The van der Waals surface area contributed by atoms with E-state index >= 15 is 0 Å². The minimum Gasteiger partial charge on any atom is -0.461 e. The molecule has 8 heteroatoms. The van der Waals surface area contributed by atoms with Crippen LogP contribution in [0.1, 0.15) is 66.4 Å². The third-order valence-corrected chi connectivity index (χ3v) is 11.2. The molecular weight excluding hydrogens is 524 g/mol. The molecule has 220 valence electrons. The highest BCUT2D eigenvalue weighted by Crippen LogP contribution is 2.86. The standard InChI is InChI=1S/C33H40O8/c1-18-24(36)17-23-28(39-20(3)34)33-19(2)25(41-26(37)14-13-22-11-9-8-10-12-22)15-16-31(33,7)29(40-21(4)35)27(38)32(18,33)30(23,5)6/h8-14,18,23,25,27-29,38H,2,15-17H2,1,3-7H3/b14-13+/t18-,23+,25+,27+,28-,29+,31+,32-,33-/m1/s1. The molecule has 4 aliphatic carbocycles. The Balaban J connectivity index is 1.68. The van der Waals surface area contributed by atoms with Crippen molar-refractivity contribution in [2.45, 2.75) is 85.2 Å². The van der Waals surface area contributed by atoms with Gasteiger partial charge < -0.3 is 19.3 Å². The van der Waals surface area contributed by atoms with Crippen molar-refractivity contribution in [2.75, 3.05) is 0 Å². The van der Waals surface area contributed by atoms with E-state index in [1.54, 1.807) is 6.08 Å². The molecule has 0 saturated heterocycles. The minimum absolute atomic E-state index is 0.0501. The summed E-state index contributed by atoms with van der Waals surface area (Å²) in [4.78, 5) is 51.8. The number of hydrogen-bond acceptors (Lipinski definition) is 8. The Morgan fingerprint density at radius 2 is 1.61 bits per heavy atom. The lowest BCUT2D eigenvalue weighted by Gasteiger charge is -2.60. The molecule has 0 unspecified atom stereocenters. The summed E-state index contributed by atoms with van der Waals surface area (Å²) >= 11 is 0. The number of fused-ring (bicyclic) bond motifs is 1. The van der Waals surface area contributed by atoms with Crippen molar-refractivity contribution in [1.82, 2.24) is 0 Å². The molecular formula is C33H40O8. The van der Waals surface area contributed by atoms with Gasteiger partial charge >= 0.3 is 17.9 Å². The number of aliphatic hydroxyl groups excluding tert-OH is 1. The molecule has 1 aromatic rings. The third-order valence-electron chi connectivity index (χ3n) is 11.2. The van der Waals surface area contributed by atoms with Crippen molar-refractivity contribution < 1.29 is 38.5 Å². The number of hydrogen-bond donors (Lipinski definition) is 1. The summed E-state index contributed by atoms with van der Waals surface area (Å²) in [5.41, 5.74) is -2.81. The zero-order valence-electron chi connectivity index (χ0n) is 24.6. The van der Waals surface area contributed by atoms with Gasteiger partial charge in [-0.05, 0) is 35.5 Å². The van der Waals surface area contributed by atoms with Gasteiger partial charge in [0.15, 0.2) is 0 Å². The Bertz CT molecular complexity index is 1330. The maximum Gasteiger partial charge on any atom is 0.331 e. The van der Waals surface area contributed by atoms with Gasteiger partial charge in [-0.15, -0.1) is 0 Å². The Kier molecular flexibility index (Phi) is 6.88. The van der Waals surface area contributed by atoms with Crippen LogP contribution in [0.25, 0.3) is 6.08 Å². The minimum atomic E-state index is -1.25. The van der Waals surface area contributed by atoms with Crippen molar-refractivity contribution in [3.63, 3.8) is 0 Å². The first-order valence-electron chi connectivity index (χ1n) is 14.4. The lowest BCUT2D eigenvalue weighted by molar-refractivity contribution is -0.182. The zero-order valence-corrected chi connectivity index (χ0v) is 24.6. The lowest BCUT2D eigenvalue weighted by atomic mass is 9.42. The van der Waals surface area contributed by atoms with Crippen LogP contribution in [0.15, 0.2) is 48.6 Å². The fourth-order valence-electron chi connectivity index (χ4n) is 9.89. The molecule has 0 aromatic heterocycles. The Morgan fingerprint density at radius 3 is 2.22 bits per heavy atom. The number of benzene rings is 1. The highest BCUT2D eigenvalue weighted by Gasteiger charge is 2.91. The fraction of sp³-hybridized carbons (Fsp3) is 0.576. The summed E-state index contributed by atoms with van der Waals surface area (Å²) in [6.07, 6.45) is 0.0890. The first-order valence-corrected chi connectivity index (χ1v) is 14.4. The predicted molar refractivity (Wildman–Crippen MR) is 150 cm³/mol. The largest absolute Gasteiger partial charge is 0.461 e. The average molecular weight is 565 g/mol. The number of carbonyl (C=O) groups is 4. The highest BCUT2D eigenvalue weighted by atomic mass is 16.6. The summed E-state index contributed by atoms with van der Waals surface area (Å²) in [6, 6.07) is 9.37. The fourth-order valence-corrected chi connectivity index (χ4v) is 9.89. The van der Waals surface area contributed by atoms with E-state index in [2.05, 4.69) is 6.58 Å². The van der Waals surface area contributed by atoms with E-state index in [0.29, 0.717) is 18.4 Å². The van der Waals surface area contributed by atoms with E-state index in [0.717, 1.165) is 5.56 Å². The van der Waals surface area contributed by atoms with Crippen molar-refractivity contribution >= 4 is 29.8 Å². The molecule has 8 nitrogen and oxygen atoms in total. The Morgan fingerprint density at radius 1 is 1.00 bits per heavy atom. The van der Waals surface area contributed by atoms with E-state index in [-0.39, 0.29) is 12.2 Å². The van der Waals surface area contributed by atoms with Gasteiger partial charge in [0.25, 0.3) is 0 Å². The van der Waals surface area contributed by atoms with Gasteiger partial charge in [-0.25, -0.2) is 4.79 Å². The maximum atomic E-state index is 13.7. The van der Waals surface area contributed by atoms with Gasteiger partial charge in [0.2, 0.25) is 0 Å². The van der Waals surface area contributed by atoms with Crippen molar-refractivity contribution in [3.8, 4) is 0 Å². The van der Waals surface area contributed by atoms with Gasteiger partial charge in [0.05, 0.1) is 11.5 Å². The molecule has 5 rings (SSSR count). The van der Waals surface area contributed by atoms with Crippen LogP contribution in [-0.4, -0.2) is 53.2 Å². The molecule has 2 bridgehead atoms. The van der Waals surface area contributed by atoms with E-state index in [9.17, 15) is 24.3 Å². The average Bonchev–Trinajstić information content (AvgIpc) is 3.13. The molecule has 9 atom stereocenters. The lowest BCUT2D eigenvalue weighted by Crippen LogP contribution is -2.63. The van der Waals surface area contributed by atoms with Gasteiger partial charge in [-0.1, -0.05) is 64.6 Å². The van der Waals surface area contributed by atoms with E-state index in [1.165, 1.54) is 19.9 Å². The normalized spacial score (nSPS) is 40.6. The van der Waals surface area contributed by atoms with Crippen LogP contribution in [0, 0.1) is 33.5 Å². The quantitative estimate of drug-likeness (QED) is 0.242. The summed E-state index contributed by atoms with van der Waals surface area (Å²) in [7, 11) is 0. The van der Waals surface area contributed by atoms with Crippen LogP contribution in [-0.2, 0) is 33.4 Å². The summed E-state index contributed by atoms with van der Waals surface area (Å²) in [6.45, 7) is 14.9. The molecule has 1 N–H and O–H groups in total. The molecule has 0 heterocycles. The topological polar surface area (TPSA) is 116 Å². The molecule has 0 amide bonds. The molecule has 4 aliphatic rings. The van der Waals surface area contributed by atoms with Crippen molar-refractivity contribution in [1.29, 1.82) is 0 Å². The van der Waals surface area contributed by atoms with Gasteiger partial charge in [0, 0.05) is 49.0 Å². The second-order valence-corrected chi connectivity index (χ2v) is 13.1. The van der Waals surface area contributed by atoms with Crippen molar-refractivity contribution in [3.05, 3.63) is 54.1 Å². The Labute approximate surface area is 241 Å². The third kappa shape index (κ3) is 3.62. The van der Waals surface area contributed by atoms with Crippen molar-refractivity contribution in [2.24, 2.45) is 33.5 Å². The predicted octanol–water partition coefficient (Wildman–Crippen LogP) is 4.44. The second kappa shape index (κ2) is 9.65. The number of aliphatic hydroxyl groups is 1. The van der Waals surface area contributed by atoms with E-state index in [1.807, 2.05) is 58.0 Å². The molecule has 0 aliphatic heterocycles. The van der Waals surface area contributed by atoms with Crippen LogP contribution in [0.5, 0.6) is 0 Å². The van der Waals surface area contributed by atoms with Gasteiger partial charge in [0.1, 0.15) is 24.1 Å². The number of Topliss-reactive ketones (excluding diaryl/α,β-unsaturated/α-hetero) is 1. The van der Waals surface area contributed by atoms with Crippen LogP contribution in [0.4, 0.5) is 0 Å². The SMILES string of the molecule is C=C1[C@@H](OC(=O)/C=C/c2ccccc2)CC[C@@]2(C)[C@@H](OC(C)=O)[C@H](O)[C@@]34[C@H](C)C(=O)C[C@@H]([C@@H](OC(C)=O)[C@@]132)C4(C)C. The zero-order chi connectivity index (χ0) is 30.1. The van der Waals surface area contributed by atoms with Gasteiger partial charge in [-0.3, -0.25) is 14.4 Å². The molecule has 4 fully saturated rings. The number of ketones is 1. The van der Waals surface area contributed by atoms with Crippen LogP contribution >= 0.6 is 0 Å². The maximum absolute atomic E-state index is 13.7. The number of esters is 3. The van der Waals surface area contributed by atoms with Crippen LogP contribution in [0.3, 0.4) is 0 Å². The van der Waals surface area contributed by atoms with Gasteiger partial charge in [-0.2, -0.15) is 0 Å². The first-order chi connectivity index (χ1) is 19.2. The number of rotatable bonds is 5. The number of carbonyl (C=O) groups excluding carboxylic acids is 4. The monoisotopic (exact) mass is 564 g/mol. The molecule has 41 heavy (non-hydrogen) atoms. The first kappa shape index (κ1) is 29.2.